The van der Waals surface area contributed by atoms with E-state index in [0.29, 0.717) is 34.3 Å². The number of ether oxygens (including phenoxy) is 3. The van der Waals surface area contributed by atoms with Crippen LogP contribution in [-0.4, -0.2) is 42.2 Å². The maximum absolute atomic E-state index is 12.7. The Morgan fingerprint density at radius 3 is 2.64 bits per heavy atom. The number of nitrogens with zero attached hydrogens (tertiary/aromatic N) is 2. The molecule has 142 valence electrons. The van der Waals surface area contributed by atoms with Gasteiger partial charge in [-0.3, -0.25) is 4.79 Å². The third-order valence-electron chi connectivity index (χ3n) is 4.42. The van der Waals surface area contributed by atoms with Crippen molar-refractivity contribution in [2.75, 3.05) is 26.6 Å². The minimum absolute atomic E-state index is 0.181. The summed E-state index contributed by atoms with van der Waals surface area (Å²) in [6, 6.07) is 9.27. The fraction of sp³-hybridized carbons (Fsp3) is 0.150. The van der Waals surface area contributed by atoms with Crippen LogP contribution in [0.15, 0.2) is 36.5 Å². The molecule has 2 N–H and O–H groups in total. The second kappa shape index (κ2) is 7.07. The number of carbonyl (C=O) groups is 1. The lowest BCUT2D eigenvalue weighted by Gasteiger charge is -2.10. The molecule has 0 spiro atoms. The molecule has 0 radical (unpaired) electrons. The van der Waals surface area contributed by atoms with Crippen molar-refractivity contribution >= 4 is 23.2 Å². The van der Waals surface area contributed by atoms with E-state index >= 15 is 0 Å². The van der Waals surface area contributed by atoms with Gasteiger partial charge >= 0.3 is 6.01 Å². The number of carbonyl (C=O) groups excluding carboxylic acids is 1. The lowest BCUT2D eigenvalue weighted by molar-refractivity contribution is -0.110. The normalized spacial score (nSPS) is 14.0. The highest BCUT2D eigenvalue weighted by Gasteiger charge is 2.28. The fourth-order valence-electron chi connectivity index (χ4n) is 3.14. The van der Waals surface area contributed by atoms with Crippen LogP contribution in [0.2, 0.25) is 0 Å². The van der Waals surface area contributed by atoms with Crippen molar-refractivity contribution in [1.29, 1.82) is 0 Å². The second-order valence-electron chi connectivity index (χ2n) is 5.98. The molecule has 1 aliphatic rings. The zero-order chi connectivity index (χ0) is 19.7. The molecule has 0 bridgehead atoms. The standard InChI is InChI=1S/C20H18N4O4/c1-26-16-7-8-21-15(16)9-12-18-11(5-4-6-13(18)22-19(12)25)14-10-17(27-2)24-20(23-14)28-3/h4-10,21H,1-3H3,(H,22,25). The first-order chi connectivity index (χ1) is 13.6. The van der Waals surface area contributed by atoms with Crippen molar-refractivity contribution in [2.24, 2.45) is 0 Å². The van der Waals surface area contributed by atoms with Gasteiger partial charge in [-0.05, 0) is 18.2 Å². The minimum atomic E-state index is -0.202. The summed E-state index contributed by atoms with van der Waals surface area (Å²) in [6.07, 6.45) is 3.52. The number of amides is 1. The van der Waals surface area contributed by atoms with E-state index < -0.39 is 0 Å². The molecule has 4 rings (SSSR count). The molecule has 0 aliphatic carbocycles. The first-order valence-electron chi connectivity index (χ1n) is 8.50. The van der Waals surface area contributed by atoms with Gasteiger partial charge in [0.25, 0.3) is 5.91 Å². The van der Waals surface area contributed by atoms with Gasteiger partial charge in [0.1, 0.15) is 5.75 Å². The van der Waals surface area contributed by atoms with E-state index in [2.05, 4.69) is 20.3 Å². The molecule has 0 saturated heterocycles. The number of hydrogen-bond acceptors (Lipinski definition) is 6. The zero-order valence-corrected chi connectivity index (χ0v) is 15.6. The van der Waals surface area contributed by atoms with Crippen molar-refractivity contribution in [3.05, 3.63) is 47.8 Å². The summed E-state index contributed by atoms with van der Waals surface area (Å²) in [4.78, 5) is 24.3. The molecular formula is C20H18N4O4. The van der Waals surface area contributed by atoms with Gasteiger partial charge in [-0.15, -0.1) is 0 Å². The van der Waals surface area contributed by atoms with E-state index in [-0.39, 0.29) is 11.9 Å². The Morgan fingerprint density at radius 2 is 1.89 bits per heavy atom. The van der Waals surface area contributed by atoms with Crippen LogP contribution in [0.25, 0.3) is 22.9 Å². The average Bonchev–Trinajstić information content (AvgIpc) is 3.31. The number of aromatic nitrogens is 3. The van der Waals surface area contributed by atoms with Gasteiger partial charge < -0.3 is 24.5 Å². The Labute approximate surface area is 161 Å². The van der Waals surface area contributed by atoms with Crippen LogP contribution in [-0.2, 0) is 4.79 Å². The Bertz CT molecular complexity index is 1070. The predicted octanol–water partition coefficient (Wildman–Crippen LogP) is 2.99. The molecule has 28 heavy (non-hydrogen) atoms. The number of nitrogens with one attached hydrogen (secondary N) is 2. The fourth-order valence-corrected chi connectivity index (χ4v) is 3.14. The Morgan fingerprint density at radius 1 is 1.04 bits per heavy atom. The highest BCUT2D eigenvalue weighted by Crippen LogP contribution is 2.41. The number of benzene rings is 1. The zero-order valence-electron chi connectivity index (χ0n) is 15.6. The van der Waals surface area contributed by atoms with Crippen molar-refractivity contribution in [2.45, 2.75) is 0 Å². The maximum Gasteiger partial charge on any atom is 0.320 e. The summed E-state index contributed by atoms with van der Waals surface area (Å²) < 4.78 is 15.8. The van der Waals surface area contributed by atoms with Crippen LogP contribution >= 0.6 is 0 Å². The lowest BCUT2D eigenvalue weighted by atomic mass is 9.97. The molecule has 3 aromatic rings. The first kappa shape index (κ1) is 17.6. The minimum Gasteiger partial charge on any atom is -0.495 e. The van der Waals surface area contributed by atoms with Crippen LogP contribution in [0.3, 0.4) is 0 Å². The summed E-state index contributed by atoms with van der Waals surface area (Å²) in [7, 11) is 4.59. The molecule has 8 heteroatoms. The van der Waals surface area contributed by atoms with E-state index in [0.717, 1.165) is 11.1 Å². The summed E-state index contributed by atoms with van der Waals surface area (Å²) in [5.41, 5.74) is 3.99. The predicted molar refractivity (Wildman–Crippen MR) is 104 cm³/mol. The molecule has 0 unspecified atom stereocenters. The molecule has 0 fully saturated rings. The number of aromatic amines is 1. The molecular weight excluding hydrogens is 360 g/mol. The van der Waals surface area contributed by atoms with Crippen LogP contribution in [0.4, 0.5) is 5.69 Å². The number of anilines is 1. The molecule has 3 heterocycles. The third-order valence-corrected chi connectivity index (χ3v) is 4.42. The highest BCUT2D eigenvalue weighted by molar-refractivity contribution is 6.36. The Kier molecular flexibility index (Phi) is 4.44. The van der Waals surface area contributed by atoms with Crippen LogP contribution in [0.5, 0.6) is 17.6 Å². The highest BCUT2D eigenvalue weighted by atomic mass is 16.5. The van der Waals surface area contributed by atoms with Crippen LogP contribution in [0.1, 0.15) is 11.3 Å². The van der Waals surface area contributed by atoms with Gasteiger partial charge in [-0.25, -0.2) is 0 Å². The number of rotatable bonds is 5. The van der Waals surface area contributed by atoms with Crippen molar-refractivity contribution in [3.63, 3.8) is 0 Å². The van der Waals surface area contributed by atoms with E-state index in [1.54, 1.807) is 31.5 Å². The largest absolute Gasteiger partial charge is 0.495 e. The summed E-state index contributed by atoms with van der Waals surface area (Å²) in [6.45, 7) is 0. The molecule has 1 aliphatic heterocycles. The van der Waals surface area contributed by atoms with E-state index in [4.69, 9.17) is 14.2 Å². The quantitative estimate of drug-likeness (QED) is 0.663. The van der Waals surface area contributed by atoms with Gasteiger partial charge in [-0.1, -0.05) is 12.1 Å². The summed E-state index contributed by atoms with van der Waals surface area (Å²) >= 11 is 0. The molecule has 0 atom stereocenters. The molecule has 1 aromatic carbocycles. The van der Waals surface area contributed by atoms with Crippen molar-refractivity contribution in [1.82, 2.24) is 15.0 Å². The number of methoxy groups -OCH3 is 3. The summed E-state index contributed by atoms with van der Waals surface area (Å²) in [5.74, 6) is 0.817. The first-order valence-corrected chi connectivity index (χ1v) is 8.50. The topological polar surface area (TPSA) is 98.4 Å². The maximum atomic E-state index is 12.7. The number of hydrogen-bond donors (Lipinski definition) is 2. The van der Waals surface area contributed by atoms with Crippen molar-refractivity contribution in [3.8, 4) is 28.9 Å². The van der Waals surface area contributed by atoms with Gasteiger partial charge in [0, 0.05) is 29.1 Å². The van der Waals surface area contributed by atoms with Crippen LogP contribution < -0.4 is 19.5 Å². The third kappa shape index (κ3) is 2.94. The smallest absolute Gasteiger partial charge is 0.320 e. The average molecular weight is 378 g/mol. The Balaban J connectivity index is 1.91. The van der Waals surface area contributed by atoms with Crippen molar-refractivity contribution < 1.29 is 19.0 Å². The summed E-state index contributed by atoms with van der Waals surface area (Å²) in [5, 5.41) is 2.90. The SMILES string of the molecule is COc1cc(-c2cccc3c2C(=Cc2[nH]ccc2OC)C(=O)N3)nc(OC)n1. The van der Waals surface area contributed by atoms with Gasteiger partial charge in [0.15, 0.2) is 0 Å². The van der Waals surface area contributed by atoms with E-state index in [1.165, 1.54) is 14.2 Å². The van der Waals surface area contributed by atoms with Gasteiger partial charge in [0.05, 0.1) is 38.3 Å². The molecule has 8 nitrogen and oxygen atoms in total. The lowest BCUT2D eigenvalue weighted by Crippen LogP contribution is -2.03. The molecule has 1 amide bonds. The van der Waals surface area contributed by atoms with Crippen LogP contribution in [0, 0.1) is 0 Å². The number of fused-ring (bicyclic) bond motifs is 1. The molecule has 0 saturated carbocycles. The van der Waals surface area contributed by atoms with E-state index in [9.17, 15) is 4.79 Å². The Hall–Kier alpha value is -3.81. The molecule has 2 aromatic heterocycles. The van der Waals surface area contributed by atoms with Gasteiger partial charge in [0.2, 0.25) is 5.88 Å². The second-order valence-corrected chi connectivity index (χ2v) is 5.98. The number of H-pyrrole nitrogens is 1. The van der Waals surface area contributed by atoms with E-state index in [1.807, 2.05) is 18.2 Å². The van der Waals surface area contributed by atoms with Gasteiger partial charge in [-0.2, -0.15) is 9.97 Å². The monoisotopic (exact) mass is 378 g/mol.